The van der Waals surface area contributed by atoms with Crippen LogP contribution in [0.3, 0.4) is 0 Å². The fourth-order valence-corrected chi connectivity index (χ4v) is 3.54. The van der Waals surface area contributed by atoms with E-state index in [4.69, 9.17) is 9.47 Å². The van der Waals surface area contributed by atoms with Crippen molar-refractivity contribution in [2.24, 2.45) is 0 Å². The minimum absolute atomic E-state index is 0.0736. The Morgan fingerprint density at radius 3 is 2.51 bits per heavy atom. The molecule has 0 saturated carbocycles. The first kappa shape index (κ1) is 30.0. The Balaban J connectivity index is 1.89. The summed E-state index contributed by atoms with van der Waals surface area (Å²) in [6, 6.07) is 5.72. The van der Waals surface area contributed by atoms with Gasteiger partial charge in [-0.05, 0) is 44.2 Å². The van der Waals surface area contributed by atoms with Crippen LogP contribution in [0.2, 0.25) is 0 Å². The molecule has 1 atom stereocenters. The number of methoxy groups -OCH3 is 1. The molecule has 1 heterocycles. The van der Waals surface area contributed by atoms with Gasteiger partial charge in [0.05, 0.1) is 25.7 Å². The van der Waals surface area contributed by atoms with E-state index in [1.807, 2.05) is 13.0 Å². The topological polar surface area (TPSA) is 97.0 Å². The van der Waals surface area contributed by atoms with Crippen LogP contribution in [0.4, 0.5) is 0 Å². The fourth-order valence-electron chi connectivity index (χ4n) is 3.34. The maximum Gasteiger partial charge on any atom is 0.330 e. The normalized spacial score (nSPS) is 15.5. The maximum atomic E-state index is 12.6. The molecule has 1 aliphatic heterocycles. The van der Waals surface area contributed by atoms with Crippen molar-refractivity contribution in [2.75, 3.05) is 51.8 Å². The van der Waals surface area contributed by atoms with E-state index in [1.54, 1.807) is 30.3 Å². The summed E-state index contributed by atoms with van der Waals surface area (Å²) in [5.41, 5.74) is 3.50. The van der Waals surface area contributed by atoms with Crippen LogP contribution in [0.25, 0.3) is 0 Å². The first-order chi connectivity index (χ1) is 17.8. The number of ether oxygens (including phenoxy) is 2. The molecular formula is C28H34BrN3O5. The summed E-state index contributed by atoms with van der Waals surface area (Å²) < 4.78 is 10.1. The average Bonchev–Trinajstić information content (AvgIpc) is 2.92. The number of morpholine rings is 1. The first-order valence-corrected chi connectivity index (χ1v) is 13.1. The van der Waals surface area contributed by atoms with Gasteiger partial charge in [0.1, 0.15) is 6.04 Å². The van der Waals surface area contributed by atoms with Gasteiger partial charge < -0.3 is 20.1 Å². The second-order valence-corrected chi connectivity index (χ2v) is 9.04. The van der Waals surface area contributed by atoms with Crippen molar-refractivity contribution >= 4 is 33.7 Å². The molecule has 0 radical (unpaired) electrons. The zero-order valence-corrected chi connectivity index (χ0v) is 23.1. The van der Waals surface area contributed by atoms with Gasteiger partial charge in [0.25, 0.3) is 5.91 Å². The summed E-state index contributed by atoms with van der Waals surface area (Å²) in [6.45, 7) is 8.57. The molecule has 2 amide bonds. The Bertz CT molecular complexity index is 1080. The lowest BCUT2D eigenvalue weighted by molar-refractivity contribution is -0.142. The molecule has 1 aromatic rings. The maximum absolute atomic E-state index is 12.6. The highest BCUT2D eigenvalue weighted by molar-refractivity contribution is 9.09. The summed E-state index contributed by atoms with van der Waals surface area (Å²) in [4.78, 5) is 38.3. The highest BCUT2D eigenvalue weighted by atomic mass is 79.9. The predicted octanol–water partition coefficient (Wildman–Crippen LogP) is 2.60. The van der Waals surface area contributed by atoms with Gasteiger partial charge in [-0.1, -0.05) is 57.1 Å². The highest BCUT2D eigenvalue weighted by Crippen LogP contribution is 2.06. The fraction of sp³-hybridized carbons (Fsp3) is 0.393. The van der Waals surface area contributed by atoms with E-state index in [9.17, 15) is 14.4 Å². The number of hydrogen-bond donors (Lipinski definition) is 2. The van der Waals surface area contributed by atoms with Crippen LogP contribution < -0.4 is 10.6 Å². The number of carbonyl (C=O) groups excluding carboxylic acids is 3. The number of rotatable bonds is 10. The Morgan fingerprint density at radius 1 is 1.16 bits per heavy atom. The molecule has 1 fully saturated rings. The van der Waals surface area contributed by atoms with Gasteiger partial charge in [-0.2, -0.15) is 0 Å². The summed E-state index contributed by atoms with van der Waals surface area (Å²) in [5, 5.41) is 5.21. The van der Waals surface area contributed by atoms with Gasteiger partial charge in [0, 0.05) is 37.3 Å². The van der Waals surface area contributed by atoms with E-state index in [1.165, 1.54) is 12.7 Å². The number of nitrogens with zero attached hydrogens (tertiary/aromatic N) is 1. The molecule has 0 spiro atoms. The number of amides is 2. The zero-order chi connectivity index (χ0) is 27.0. The predicted molar refractivity (Wildman–Crippen MR) is 147 cm³/mol. The van der Waals surface area contributed by atoms with E-state index in [0.717, 1.165) is 44.0 Å². The monoisotopic (exact) mass is 571 g/mol. The van der Waals surface area contributed by atoms with E-state index in [0.29, 0.717) is 5.56 Å². The number of allylic oxidation sites excluding steroid dienone is 5. The summed E-state index contributed by atoms with van der Waals surface area (Å²) >= 11 is 3.03. The van der Waals surface area contributed by atoms with Gasteiger partial charge in [-0.3, -0.25) is 14.5 Å². The number of halogens is 1. The number of hydrogen-bond acceptors (Lipinski definition) is 6. The van der Waals surface area contributed by atoms with Crippen molar-refractivity contribution in [3.05, 3.63) is 70.8 Å². The molecule has 8 nitrogen and oxygen atoms in total. The second kappa shape index (κ2) is 16.5. The highest BCUT2D eigenvalue weighted by Gasteiger charge is 2.22. The van der Waals surface area contributed by atoms with Gasteiger partial charge in [0.15, 0.2) is 0 Å². The van der Waals surface area contributed by atoms with E-state index in [2.05, 4.69) is 62.4 Å². The quantitative estimate of drug-likeness (QED) is 0.194. The lowest BCUT2D eigenvalue weighted by atomic mass is 10.1. The smallest absolute Gasteiger partial charge is 0.330 e. The molecule has 9 heteroatoms. The van der Waals surface area contributed by atoms with Crippen molar-refractivity contribution in [3.63, 3.8) is 0 Å². The average molecular weight is 573 g/mol. The van der Waals surface area contributed by atoms with Gasteiger partial charge in [-0.15, -0.1) is 0 Å². The molecule has 2 N–H and O–H groups in total. The van der Waals surface area contributed by atoms with Crippen LogP contribution in [0, 0.1) is 11.8 Å². The Kier molecular flexibility index (Phi) is 13.4. The summed E-state index contributed by atoms with van der Waals surface area (Å²) in [5.74, 6) is 4.63. The summed E-state index contributed by atoms with van der Waals surface area (Å²) in [7, 11) is 1.22. The third-order valence-electron chi connectivity index (χ3n) is 5.42. The molecule has 1 aliphatic rings. The SMILES string of the molecule is COC(=O)C(CNC(=O)CBr)NC(=O)c1ccc(C#CC=CC(C)=CC=C(C)CN2CCOCC2)cc1. The summed E-state index contributed by atoms with van der Waals surface area (Å²) in [6.07, 6.45) is 7.95. The van der Waals surface area contributed by atoms with Crippen molar-refractivity contribution in [1.29, 1.82) is 0 Å². The molecule has 0 aliphatic carbocycles. The first-order valence-electron chi connectivity index (χ1n) is 12.0. The van der Waals surface area contributed by atoms with Crippen LogP contribution in [0.15, 0.2) is 59.7 Å². The van der Waals surface area contributed by atoms with Crippen LogP contribution in [0.5, 0.6) is 0 Å². The minimum atomic E-state index is -1.00. The molecular weight excluding hydrogens is 538 g/mol. The van der Waals surface area contributed by atoms with Crippen LogP contribution >= 0.6 is 15.9 Å². The van der Waals surface area contributed by atoms with E-state index >= 15 is 0 Å². The molecule has 0 aromatic heterocycles. The van der Waals surface area contributed by atoms with Gasteiger partial charge in [0.2, 0.25) is 5.91 Å². The number of nitrogens with one attached hydrogen (secondary N) is 2. The lowest BCUT2D eigenvalue weighted by Crippen LogP contribution is -2.49. The molecule has 0 bridgehead atoms. The van der Waals surface area contributed by atoms with Crippen molar-refractivity contribution < 1.29 is 23.9 Å². The number of benzene rings is 1. The zero-order valence-electron chi connectivity index (χ0n) is 21.5. The van der Waals surface area contributed by atoms with Crippen molar-refractivity contribution in [2.45, 2.75) is 19.9 Å². The van der Waals surface area contributed by atoms with Crippen LogP contribution in [0.1, 0.15) is 29.8 Å². The second-order valence-electron chi connectivity index (χ2n) is 8.48. The Labute approximate surface area is 227 Å². The van der Waals surface area contributed by atoms with Crippen molar-refractivity contribution in [3.8, 4) is 11.8 Å². The minimum Gasteiger partial charge on any atom is -0.467 e. The van der Waals surface area contributed by atoms with Gasteiger partial charge >= 0.3 is 5.97 Å². The largest absolute Gasteiger partial charge is 0.467 e. The molecule has 37 heavy (non-hydrogen) atoms. The third-order valence-corrected chi connectivity index (χ3v) is 5.93. The van der Waals surface area contributed by atoms with Gasteiger partial charge in [-0.25, -0.2) is 4.79 Å². The Morgan fingerprint density at radius 2 is 1.86 bits per heavy atom. The molecule has 2 rings (SSSR count). The molecule has 1 unspecified atom stereocenters. The van der Waals surface area contributed by atoms with E-state index in [-0.39, 0.29) is 17.8 Å². The lowest BCUT2D eigenvalue weighted by Gasteiger charge is -2.26. The van der Waals surface area contributed by atoms with Crippen LogP contribution in [-0.2, 0) is 19.1 Å². The number of esters is 1. The standard InChI is InChI=1S/C28H34BrN3O5/c1-21(8-9-22(2)20-32-14-16-37-17-15-32)6-4-5-7-23-10-12-24(13-11-23)27(34)31-25(28(35)36-3)19-30-26(33)18-29/h4,6,8-13,25H,14-20H2,1-3H3,(H,30,33)(H,31,34). The van der Waals surface area contributed by atoms with Crippen molar-refractivity contribution in [1.82, 2.24) is 15.5 Å². The van der Waals surface area contributed by atoms with E-state index < -0.39 is 17.9 Å². The number of alkyl halides is 1. The third kappa shape index (κ3) is 11.6. The number of carbonyl (C=O) groups is 3. The van der Waals surface area contributed by atoms with Crippen LogP contribution in [-0.4, -0.2) is 80.6 Å². The Hall–Kier alpha value is -3.19. The molecule has 198 valence electrons. The molecule has 1 saturated heterocycles. The molecule has 1 aromatic carbocycles.